The Morgan fingerprint density at radius 3 is 2.75 bits per heavy atom. The lowest BCUT2D eigenvalue weighted by atomic mass is 10.0. The second-order valence-electron chi connectivity index (χ2n) is 5.39. The molecule has 3 rings (SSSR count). The van der Waals surface area contributed by atoms with Crippen molar-refractivity contribution in [2.45, 2.75) is 6.42 Å². The van der Waals surface area contributed by atoms with Crippen LogP contribution in [0, 0.1) is 0 Å². The quantitative estimate of drug-likeness (QED) is 0.790. The van der Waals surface area contributed by atoms with Gasteiger partial charge in [-0.3, -0.25) is 9.59 Å². The van der Waals surface area contributed by atoms with Crippen LogP contribution in [0.15, 0.2) is 59.0 Å². The van der Waals surface area contributed by atoms with E-state index >= 15 is 0 Å². The average molecular weight is 339 g/mol. The van der Waals surface area contributed by atoms with Gasteiger partial charge in [0.1, 0.15) is 0 Å². The van der Waals surface area contributed by atoms with Crippen molar-refractivity contribution in [3.05, 3.63) is 64.4 Å². The van der Waals surface area contributed by atoms with Crippen LogP contribution in [0.2, 0.25) is 0 Å². The number of thiazole rings is 1. The highest BCUT2D eigenvalue weighted by molar-refractivity contribution is 7.07. The van der Waals surface area contributed by atoms with Crippen LogP contribution < -0.4 is 10.1 Å². The van der Waals surface area contributed by atoms with Gasteiger partial charge in [-0.2, -0.15) is 4.99 Å². The van der Waals surface area contributed by atoms with Crippen LogP contribution in [0.3, 0.4) is 0 Å². The average Bonchev–Trinajstić information content (AvgIpc) is 2.98. The Morgan fingerprint density at radius 1 is 1.17 bits per heavy atom. The van der Waals surface area contributed by atoms with Crippen LogP contribution in [0.4, 0.5) is 0 Å². The van der Waals surface area contributed by atoms with Gasteiger partial charge in [0.25, 0.3) is 5.91 Å². The van der Waals surface area contributed by atoms with Crippen molar-refractivity contribution in [3.8, 4) is 0 Å². The zero-order valence-electron chi connectivity index (χ0n) is 13.2. The van der Waals surface area contributed by atoms with Gasteiger partial charge in [0.15, 0.2) is 4.80 Å². The van der Waals surface area contributed by atoms with Crippen LogP contribution >= 0.6 is 11.3 Å². The number of carbonyl (C=O) groups excluding carboxylic acids is 2. The lowest BCUT2D eigenvalue weighted by Gasteiger charge is -2.06. The van der Waals surface area contributed by atoms with Gasteiger partial charge in [-0.15, -0.1) is 11.3 Å². The SMILES string of the molecule is Cn1ccsc1=NC(=O)CNC(=O)Cc1cccc2ccccc12. The van der Waals surface area contributed by atoms with E-state index in [0.717, 1.165) is 16.3 Å². The molecular formula is C18H17N3O2S. The van der Waals surface area contributed by atoms with Gasteiger partial charge < -0.3 is 9.88 Å². The maximum absolute atomic E-state index is 12.1. The lowest BCUT2D eigenvalue weighted by molar-refractivity contribution is -0.124. The Labute approximate surface area is 143 Å². The van der Waals surface area contributed by atoms with Gasteiger partial charge in [0.05, 0.1) is 13.0 Å². The predicted molar refractivity (Wildman–Crippen MR) is 94.5 cm³/mol. The number of nitrogens with one attached hydrogen (secondary N) is 1. The number of aromatic nitrogens is 1. The largest absolute Gasteiger partial charge is 0.347 e. The standard InChI is InChI=1S/C18H17N3O2S/c1-21-9-10-24-18(21)20-17(23)12-19-16(22)11-14-7-4-6-13-5-2-3-8-15(13)14/h2-10H,11-12H2,1H3,(H,19,22). The molecule has 0 bridgehead atoms. The van der Waals surface area contributed by atoms with Crippen molar-refractivity contribution in [1.82, 2.24) is 9.88 Å². The molecule has 2 aromatic carbocycles. The first-order valence-corrected chi connectivity index (χ1v) is 8.42. The van der Waals surface area contributed by atoms with Gasteiger partial charge >= 0.3 is 0 Å². The normalized spacial score (nSPS) is 11.6. The van der Waals surface area contributed by atoms with E-state index in [4.69, 9.17) is 0 Å². The molecule has 0 aliphatic rings. The highest BCUT2D eigenvalue weighted by Crippen LogP contribution is 2.18. The Balaban J connectivity index is 1.64. The zero-order valence-corrected chi connectivity index (χ0v) is 14.0. The summed E-state index contributed by atoms with van der Waals surface area (Å²) >= 11 is 1.38. The number of hydrogen-bond donors (Lipinski definition) is 1. The van der Waals surface area contributed by atoms with Crippen molar-refractivity contribution < 1.29 is 9.59 Å². The first-order chi connectivity index (χ1) is 11.6. The summed E-state index contributed by atoms with van der Waals surface area (Å²) < 4.78 is 1.76. The Kier molecular flexibility index (Phi) is 4.86. The summed E-state index contributed by atoms with van der Waals surface area (Å²) in [6.45, 7) is -0.0957. The fraction of sp³-hybridized carbons (Fsp3) is 0.167. The van der Waals surface area contributed by atoms with Gasteiger partial charge in [-0.25, -0.2) is 0 Å². The number of amides is 2. The molecule has 0 atom stereocenters. The van der Waals surface area contributed by atoms with E-state index in [-0.39, 0.29) is 24.8 Å². The van der Waals surface area contributed by atoms with Crippen molar-refractivity contribution in [2.24, 2.45) is 12.0 Å². The molecule has 122 valence electrons. The molecule has 3 aromatic rings. The number of nitrogens with zero attached hydrogens (tertiary/aromatic N) is 2. The summed E-state index contributed by atoms with van der Waals surface area (Å²) in [6, 6.07) is 13.8. The molecule has 0 aliphatic carbocycles. The fourth-order valence-corrected chi connectivity index (χ4v) is 3.18. The van der Waals surface area contributed by atoms with E-state index in [1.165, 1.54) is 11.3 Å². The third-order valence-corrected chi connectivity index (χ3v) is 4.50. The molecule has 1 aromatic heterocycles. The molecule has 24 heavy (non-hydrogen) atoms. The maximum Gasteiger partial charge on any atom is 0.267 e. The van der Waals surface area contributed by atoms with Gasteiger partial charge in [-0.1, -0.05) is 42.5 Å². The van der Waals surface area contributed by atoms with E-state index in [2.05, 4.69) is 10.3 Å². The molecule has 2 amide bonds. The smallest absolute Gasteiger partial charge is 0.267 e. The van der Waals surface area contributed by atoms with Crippen molar-refractivity contribution in [1.29, 1.82) is 0 Å². The summed E-state index contributed by atoms with van der Waals surface area (Å²) in [5.74, 6) is -0.551. The van der Waals surface area contributed by atoms with Crippen LogP contribution in [-0.4, -0.2) is 22.9 Å². The molecule has 0 saturated carbocycles. The summed E-state index contributed by atoms with van der Waals surface area (Å²) in [5, 5.41) is 6.64. The van der Waals surface area contributed by atoms with E-state index in [9.17, 15) is 9.59 Å². The minimum absolute atomic E-state index is 0.0957. The van der Waals surface area contributed by atoms with E-state index < -0.39 is 0 Å². The molecule has 1 heterocycles. The molecule has 0 unspecified atom stereocenters. The monoisotopic (exact) mass is 339 g/mol. The number of aryl methyl sites for hydroxylation is 1. The second-order valence-corrected chi connectivity index (χ2v) is 6.27. The molecule has 0 spiro atoms. The van der Waals surface area contributed by atoms with E-state index in [0.29, 0.717) is 4.80 Å². The topological polar surface area (TPSA) is 63.5 Å². The van der Waals surface area contributed by atoms with E-state index in [1.54, 1.807) is 4.57 Å². The van der Waals surface area contributed by atoms with Crippen molar-refractivity contribution in [2.75, 3.05) is 6.54 Å². The fourth-order valence-electron chi connectivity index (χ4n) is 2.44. The summed E-state index contributed by atoms with van der Waals surface area (Å²) in [5.41, 5.74) is 0.944. The summed E-state index contributed by atoms with van der Waals surface area (Å²) in [6.07, 6.45) is 2.07. The van der Waals surface area contributed by atoms with Crippen LogP contribution in [0.1, 0.15) is 5.56 Å². The van der Waals surface area contributed by atoms with Crippen molar-refractivity contribution >= 4 is 33.9 Å². The highest BCUT2D eigenvalue weighted by atomic mass is 32.1. The number of rotatable bonds is 4. The van der Waals surface area contributed by atoms with Crippen LogP contribution in [-0.2, 0) is 23.1 Å². The minimum atomic E-state index is -0.362. The molecule has 1 N–H and O–H groups in total. The minimum Gasteiger partial charge on any atom is -0.347 e. The molecule has 6 heteroatoms. The number of carbonyl (C=O) groups is 2. The number of hydrogen-bond acceptors (Lipinski definition) is 3. The first-order valence-electron chi connectivity index (χ1n) is 7.54. The van der Waals surface area contributed by atoms with Crippen molar-refractivity contribution in [3.63, 3.8) is 0 Å². The van der Waals surface area contributed by atoms with Crippen LogP contribution in [0.25, 0.3) is 10.8 Å². The molecule has 0 fully saturated rings. The molecule has 0 radical (unpaired) electrons. The Bertz CT molecular complexity index is 951. The number of fused-ring (bicyclic) bond motifs is 1. The third-order valence-electron chi connectivity index (χ3n) is 3.65. The summed E-state index contributed by atoms with van der Waals surface area (Å²) in [7, 11) is 1.82. The van der Waals surface area contributed by atoms with Crippen LogP contribution in [0.5, 0.6) is 0 Å². The first kappa shape index (κ1) is 16.1. The highest BCUT2D eigenvalue weighted by Gasteiger charge is 2.08. The molecule has 5 nitrogen and oxygen atoms in total. The van der Waals surface area contributed by atoms with Gasteiger partial charge in [0, 0.05) is 18.6 Å². The van der Waals surface area contributed by atoms with E-state index in [1.807, 2.05) is 61.1 Å². The Hall–Kier alpha value is -2.73. The lowest BCUT2D eigenvalue weighted by Crippen LogP contribution is -2.31. The maximum atomic E-state index is 12.1. The molecule has 0 aliphatic heterocycles. The third kappa shape index (κ3) is 3.78. The second kappa shape index (κ2) is 7.23. The molecular weight excluding hydrogens is 322 g/mol. The predicted octanol–water partition coefficient (Wildman–Crippen LogP) is 2.03. The zero-order chi connectivity index (χ0) is 16.9. The van der Waals surface area contributed by atoms with Gasteiger partial charge in [-0.05, 0) is 16.3 Å². The van der Waals surface area contributed by atoms with Gasteiger partial charge in [0.2, 0.25) is 5.91 Å². The summed E-state index contributed by atoms with van der Waals surface area (Å²) in [4.78, 5) is 28.6. The Morgan fingerprint density at radius 2 is 1.96 bits per heavy atom. The molecule has 0 saturated heterocycles. The number of benzene rings is 2.